The molecule has 0 saturated heterocycles. The van der Waals surface area contributed by atoms with Gasteiger partial charge in [0.15, 0.2) is 0 Å². The van der Waals surface area contributed by atoms with Gasteiger partial charge in [0.2, 0.25) is 0 Å². The van der Waals surface area contributed by atoms with E-state index in [4.69, 9.17) is 4.74 Å². The van der Waals surface area contributed by atoms with Gasteiger partial charge in [0.1, 0.15) is 0 Å². The van der Waals surface area contributed by atoms with E-state index in [0.29, 0.717) is 0 Å². The number of ether oxygens (including phenoxy) is 1. The molecule has 0 aliphatic heterocycles. The fourth-order valence-electron chi connectivity index (χ4n) is 1.99. The van der Waals surface area contributed by atoms with Crippen molar-refractivity contribution in [2.45, 2.75) is 25.7 Å². The van der Waals surface area contributed by atoms with Crippen LogP contribution in [-0.2, 0) is 22.4 Å². The number of H-pyrrole nitrogens is 1. The highest BCUT2D eigenvalue weighted by molar-refractivity contribution is 5.72. The zero-order valence-electron chi connectivity index (χ0n) is 8.25. The molecule has 1 aliphatic carbocycles. The Kier molecular flexibility index (Phi) is 2.52. The van der Waals surface area contributed by atoms with E-state index in [9.17, 15) is 4.79 Å². The highest BCUT2D eigenvalue weighted by Crippen LogP contribution is 2.23. The van der Waals surface area contributed by atoms with Crippen molar-refractivity contribution in [3.8, 4) is 0 Å². The van der Waals surface area contributed by atoms with Crippen molar-refractivity contribution >= 4 is 5.97 Å². The van der Waals surface area contributed by atoms with Crippen LogP contribution in [0.2, 0.25) is 0 Å². The van der Waals surface area contributed by atoms with Crippen LogP contribution in [0.25, 0.3) is 0 Å². The quantitative estimate of drug-likeness (QED) is 0.537. The molecule has 4 heteroatoms. The molecule has 4 nitrogen and oxygen atoms in total. The molecule has 0 spiro atoms. The molecule has 1 aliphatic rings. The van der Waals surface area contributed by atoms with Crippen LogP contribution < -0.4 is 0 Å². The number of aryl methyl sites for hydroxylation is 1. The summed E-state index contributed by atoms with van der Waals surface area (Å²) in [5.41, 5.74) is 2.34. The number of carbonyl (C=O) groups is 1. The summed E-state index contributed by atoms with van der Waals surface area (Å²) >= 11 is 0. The van der Waals surface area contributed by atoms with Crippen LogP contribution in [0.15, 0.2) is 6.20 Å². The lowest BCUT2D eigenvalue weighted by atomic mass is 10.0. The average molecular weight is 194 g/mol. The maximum absolute atomic E-state index is 11.4. The first-order chi connectivity index (χ1) is 6.81. The molecule has 0 radical (unpaired) electrons. The first kappa shape index (κ1) is 9.24. The normalized spacial score (nSPS) is 21.1. The summed E-state index contributed by atoms with van der Waals surface area (Å²) in [4.78, 5) is 11.4. The van der Waals surface area contributed by atoms with Gasteiger partial charge in [-0.15, -0.1) is 0 Å². The number of rotatable bonds is 1. The molecule has 0 saturated carbocycles. The first-order valence-corrected chi connectivity index (χ1v) is 4.90. The number of aromatic nitrogens is 2. The minimum Gasteiger partial charge on any atom is -0.469 e. The first-order valence-electron chi connectivity index (χ1n) is 4.90. The maximum Gasteiger partial charge on any atom is 0.309 e. The van der Waals surface area contributed by atoms with Crippen LogP contribution in [0, 0.1) is 5.92 Å². The number of carbonyl (C=O) groups excluding carboxylic acids is 1. The Labute approximate surface area is 82.7 Å². The lowest BCUT2D eigenvalue weighted by Gasteiger charge is -2.10. The van der Waals surface area contributed by atoms with Gasteiger partial charge >= 0.3 is 5.97 Å². The van der Waals surface area contributed by atoms with Crippen LogP contribution >= 0.6 is 0 Å². The number of nitrogens with one attached hydrogen (secondary N) is 1. The topological polar surface area (TPSA) is 55.0 Å². The monoisotopic (exact) mass is 194 g/mol. The van der Waals surface area contributed by atoms with E-state index in [1.54, 1.807) is 0 Å². The summed E-state index contributed by atoms with van der Waals surface area (Å²) in [6.07, 6.45) is 5.55. The summed E-state index contributed by atoms with van der Waals surface area (Å²) in [7, 11) is 1.45. The predicted molar refractivity (Wildman–Crippen MR) is 50.7 cm³/mol. The van der Waals surface area contributed by atoms with E-state index in [0.717, 1.165) is 31.4 Å². The smallest absolute Gasteiger partial charge is 0.309 e. The molecule has 1 aromatic heterocycles. The molecule has 1 heterocycles. The van der Waals surface area contributed by atoms with Crippen LogP contribution in [0.5, 0.6) is 0 Å². The number of hydrogen-bond donors (Lipinski definition) is 1. The van der Waals surface area contributed by atoms with Gasteiger partial charge in [-0.1, -0.05) is 0 Å². The maximum atomic E-state index is 11.4. The Morgan fingerprint density at radius 1 is 1.71 bits per heavy atom. The molecule has 1 atom stereocenters. The molecule has 76 valence electrons. The average Bonchev–Trinajstić information content (AvgIpc) is 2.54. The number of esters is 1. The minimum atomic E-state index is -0.104. The summed E-state index contributed by atoms with van der Waals surface area (Å²) in [6, 6.07) is 0. The van der Waals surface area contributed by atoms with Crippen molar-refractivity contribution < 1.29 is 9.53 Å². The lowest BCUT2D eigenvalue weighted by Crippen LogP contribution is -2.18. The van der Waals surface area contributed by atoms with E-state index >= 15 is 0 Å². The van der Waals surface area contributed by atoms with Crippen molar-refractivity contribution in [1.82, 2.24) is 10.2 Å². The Morgan fingerprint density at radius 2 is 2.57 bits per heavy atom. The van der Waals surface area contributed by atoms with Gasteiger partial charge in [-0.3, -0.25) is 9.89 Å². The number of hydrogen-bond acceptors (Lipinski definition) is 3. The van der Waals surface area contributed by atoms with Gasteiger partial charge in [0.25, 0.3) is 0 Å². The Balaban J connectivity index is 2.15. The second kappa shape index (κ2) is 3.82. The third kappa shape index (κ3) is 1.64. The number of aromatic amines is 1. The Morgan fingerprint density at radius 3 is 3.36 bits per heavy atom. The minimum absolute atomic E-state index is 0.00157. The highest BCUT2D eigenvalue weighted by Gasteiger charge is 2.24. The summed E-state index contributed by atoms with van der Waals surface area (Å²) in [5, 5.41) is 6.94. The molecule has 0 unspecified atom stereocenters. The van der Waals surface area contributed by atoms with Crippen molar-refractivity contribution in [1.29, 1.82) is 0 Å². The molecule has 0 fully saturated rings. The molecule has 0 aromatic carbocycles. The van der Waals surface area contributed by atoms with Crippen molar-refractivity contribution in [2.75, 3.05) is 7.11 Å². The largest absolute Gasteiger partial charge is 0.469 e. The van der Waals surface area contributed by atoms with Gasteiger partial charge in [-0.05, 0) is 24.8 Å². The molecule has 2 rings (SSSR count). The van der Waals surface area contributed by atoms with E-state index < -0.39 is 0 Å². The summed E-state index contributed by atoms with van der Waals surface area (Å²) in [5.74, 6) is -0.103. The molecule has 14 heavy (non-hydrogen) atoms. The third-order valence-electron chi connectivity index (χ3n) is 2.79. The Hall–Kier alpha value is -1.32. The number of nitrogens with zero attached hydrogens (tertiary/aromatic N) is 1. The van der Waals surface area contributed by atoms with Gasteiger partial charge in [0, 0.05) is 12.1 Å². The molecule has 1 N–H and O–H groups in total. The molecule has 0 bridgehead atoms. The zero-order chi connectivity index (χ0) is 9.97. The Bertz CT molecular complexity index is 333. The van der Waals surface area contributed by atoms with Crippen LogP contribution in [-0.4, -0.2) is 23.3 Å². The fraction of sp³-hybridized carbons (Fsp3) is 0.600. The second-order valence-corrected chi connectivity index (χ2v) is 3.69. The van der Waals surface area contributed by atoms with Gasteiger partial charge in [0.05, 0.1) is 19.2 Å². The zero-order valence-corrected chi connectivity index (χ0v) is 8.25. The molecular formula is C10H14N2O2. The summed E-state index contributed by atoms with van der Waals surface area (Å²) < 4.78 is 4.76. The van der Waals surface area contributed by atoms with E-state index in [2.05, 4.69) is 10.2 Å². The van der Waals surface area contributed by atoms with Gasteiger partial charge in [-0.2, -0.15) is 5.10 Å². The van der Waals surface area contributed by atoms with Crippen molar-refractivity contribution in [3.63, 3.8) is 0 Å². The fourth-order valence-corrected chi connectivity index (χ4v) is 1.99. The summed E-state index contributed by atoms with van der Waals surface area (Å²) in [6.45, 7) is 0. The lowest BCUT2D eigenvalue weighted by molar-refractivity contribution is -0.145. The highest BCUT2D eigenvalue weighted by atomic mass is 16.5. The van der Waals surface area contributed by atoms with Gasteiger partial charge < -0.3 is 4.74 Å². The van der Waals surface area contributed by atoms with E-state index in [1.807, 2.05) is 6.20 Å². The molecule has 1 aromatic rings. The number of methoxy groups -OCH3 is 1. The molecule has 0 amide bonds. The second-order valence-electron chi connectivity index (χ2n) is 3.69. The number of fused-ring (bicyclic) bond motifs is 1. The van der Waals surface area contributed by atoms with Crippen molar-refractivity contribution in [2.24, 2.45) is 5.92 Å². The van der Waals surface area contributed by atoms with Crippen LogP contribution in [0.3, 0.4) is 0 Å². The van der Waals surface area contributed by atoms with Crippen LogP contribution in [0.1, 0.15) is 24.1 Å². The molecular weight excluding hydrogens is 180 g/mol. The van der Waals surface area contributed by atoms with E-state index in [-0.39, 0.29) is 11.9 Å². The third-order valence-corrected chi connectivity index (χ3v) is 2.79. The van der Waals surface area contributed by atoms with E-state index in [1.165, 1.54) is 12.7 Å². The predicted octanol–water partition coefficient (Wildman–Crippen LogP) is 1.08. The van der Waals surface area contributed by atoms with Crippen LogP contribution in [0.4, 0.5) is 0 Å². The van der Waals surface area contributed by atoms with Crippen molar-refractivity contribution in [3.05, 3.63) is 17.5 Å². The van der Waals surface area contributed by atoms with Gasteiger partial charge in [-0.25, -0.2) is 0 Å². The SMILES string of the molecule is COC(=O)[C@@H]1CCCc2cn[nH]c2C1. The standard InChI is InChI=1S/C10H14N2O2/c1-14-10(13)7-3-2-4-8-6-11-12-9(8)5-7/h6-7H,2-5H2,1H3,(H,11,12)/t7-/m1/s1.